The van der Waals surface area contributed by atoms with Gasteiger partial charge >= 0.3 is 5.97 Å². The molecule has 0 saturated carbocycles. The molecule has 0 N–H and O–H groups in total. The van der Waals surface area contributed by atoms with E-state index in [9.17, 15) is 23.3 Å². The Morgan fingerprint density at radius 1 is 0.966 bits per heavy atom. The number of ether oxygens (including phenoxy) is 1. The van der Waals surface area contributed by atoms with Crippen LogP contribution < -0.4 is 0 Å². The normalized spacial score (nSPS) is 10.8. The first-order chi connectivity index (χ1) is 13.9. The van der Waals surface area contributed by atoms with Crippen molar-refractivity contribution in [3.8, 4) is 11.8 Å². The Hall–Kier alpha value is -3.70. The minimum Gasteiger partial charge on any atom is -0.449 e. The van der Waals surface area contributed by atoms with Gasteiger partial charge in [0.15, 0.2) is 16.4 Å². The molecule has 0 bridgehead atoms. The summed E-state index contributed by atoms with van der Waals surface area (Å²) in [4.78, 5) is 22.2. The quantitative estimate of drug-likeness (QED) is 0.277. The summed E-state index contributed by atoms with van der Waals surface area (Å²) in [7, 11) is -3.61. The zero-order valence-electron chi connectivity index (χ0n) is 15.1. The predicted molar refractivity (Wildman–Crippen MR) is 107 cm³/mol. The molecule has 0 heterocycles. The number of fused-ring (bicyclic) bond motifs is 1. The summed E-state index contributed by atoms with van der Waals surface area (Å²) in [5.74, 6) is 3.77. The van der Waals surface area contributed by atoms with Crippen molar-refractivity contribution in [3.05, 3.63) is 82.4 Å². The molecule has 0 aromatic heterocycles. The predicted octanol–water partition coefficient (Wildman–Crippen LogP) is 3.38. The van der Waals surface area contributed by atoms with Gasteiger partial charge in [0.2, 0.25) is 0 Å². The molecule has 3 aromatic rings. The second kappa shape index (κ2) is 8.54. The first-order valence-electron chi connectivity index (χ1n) is 8.46. The topological polar surface area (TPSA) is 104 Å². The van der Waals surface area contributed by atoms with Gasteiger partial charge in [-0.15, -0.1) is 0 Å². The van der Waals surface area contributed by atoms with Crippen molar-refractivity contribution < 1.29 is 22.9 Å². The van der Waals surface area contributed by atoms with E-state index >= 15 is 0 Å². The van der Waals surface area contributed by atoms with E-state index in [0.29, 0.717) is 0 Å². The lowest BCUT2D eigenvalue weighted by atomic mass is 10.1. The average Bonchev–Trinajstić information content (AvgIpc) is 2.73. The average molecular weight is 409 g/mol. The highest BCUT2D eigenvalue weighted by atomic mass is 32.2. The smallest absolute Gasteiger partial charge is 0.339 e. The standard InChI is InChI=1S/C21H15NO6S/c23-21(18-8-5-9-19(14-18)22(24)25)28-12-3-4-13-29(26,27)20-11-10-16-6-1-2-7-17(16)15-20/h1-2,5-11,14-15H,12-13H2. The Morgan fingerprint density at radius 2 is 1.72 bits per heavy atom. The van der Waals surface area contributed by atoms with Crippen LogP contribution in [0.1, 0.15) is 10.4 Å². The Kier molecular flexibility index (Phi) is 5.90. The second-order valence-corrected chi connectivity index (χ2v) is 7.99. The van der Waals surface area contributed by atoms with Crippen molar-refractivity contribution in [2.75, 3.05) is 12.4 Å². The molecule has 0 fully saturated rings. The van der Waals surface area contributed by atoms with E-state index in [4.69, 9.17) is 4.74 Å². The first-order valence-corrected chi connectivity index (χ1v) is 10.1. The van der Waals surface area contributed by atoms with Gasteiger partial charge in [0.05, 0.1) is 15.4 Å². The summed E-state index contributed by atoms with van der Waals surface area (Å²) in [5.41, 5.74) is -0.211. The van der Waals surface area contributed by atoms with Gasteiger partial charge in [0.1, 0.15) is 5.75 Å². The zero-order valence-corrected chi connectivity index (χ0v) is 15.9. The maximum absolute atomic E-state index is 12.4. The van der Waals surface area contributed by atoms with Gasteiger partial charge < -0.3 is 4.74 Å². The minimum atomic E-state index is -3.61. The van der Waals surface area contributed by atoms with Crippen LogP contribution in [0.15, 0.2) is 71.6 Å². The summed E-state index contributed by atoms with van der Waals surface area (Å²) in [6, 6.07) is 17.4. The molecule has 0 unspecified atom stereocenters. The number of carbonyl (C=O) groups is 1. The number of nitro benzene ring substituents is 1. The van der Waals surface area contributed by atoms with Crippen LogP contribution in [0.5, 0.6) is 0 Å². The van der Waals surface area contributed by atoms with E-state index in [1.165, 1.54) is 24.3 Å². The lowest BCUT2D eigenvalue weighted by Crippen LogP contribution is -2.07. The SMILES string of the molecule is O=C(OCC#CCS(=O)(=O)c1ccc2ccccc2c1)c1cccc([N+](=O)[O-])c1. The molecular weight excluding hydrogens is 394 g/mol. The molecule has 0 spiro atoms. The Labute approximate surface area is 167 Å². The fourth-order valence-corrected chi connectivity index (χ4v) is 3.61. The minimum absolute atomic E-state index is 0.0183. The number of benzene rings is 3. The lowest BCUT2D eigenvalue weighted by Gasteiger charge is -2.03. The molecule has 0 aliphatic rings. The third kappa shape index (κ3) is 4.97. The highest BCUT2D eigenvalue weighted by Gasteiger charge is 2.14. The molecule has 3 rings (SSSR count). The van der Waals surface area contributed by atoms with Crippen LogP contribution in [0.3, 0.4) is 0 Å². The summed E-state index contributed by atoms with van der Waals surface area (Å²) in [6.07, 6.45) is 0. The molecule has 29 heavy (non-hydrogen) atoms. The van der Waals surface area contributed by atoms with Crippen molar-refractivity contribution >= 4 is 32.3 Å². The van der Waals surface area contributed by atoms with E-state index in [1.807, 2.05) is 24.3 Å². The van der Waals surface area contributed by atoms with Crippen molar-refractivity contribution in [2.24, 2.45) is 0 Å². The third-order valence-corrected chi connectivity index (χ3v) is 5.53. The van der Waals surface area contributed by atoms with Gasteiger partial charge in [-0.1, -0.05) is 48.2 Å². The lowest BCUT2D eigenvalue weighted by molar-refractivity contribution is -0.384. The van der Waals surface area contributed by atoms with Crippen LogP contribution in [0.4, 0.5) is 5.69 Å². The van der Waals surface area contributed by atoms with Gasteiger partial charge in [0.25, 0.3) is 5.69 Å². The van der Waals surface area contributed by atoms with E-state index in [1.54, 1.807) is 12.1 Å². The molecule has 146 valence electrons. The molecule has 0 amide bonds. The summed E-state index contributed by atoms with van der Waals surface area (Å²) in [5, 5.41) is 12.5. The highest BCUT2D eigenvalue weighted by Crippen LogP contribution is 2.19. The molecule has 0 radical (unpaired) electrons. The van der Waals surface area contributed by atoms with E-state index in [-0.39, 0.29) is 22.8 Å². The molecule has 0 aliphatic carbocycles. The molecule has 0 saturated heterocycles. The zero-order chi connectivity index (χ0) is 20.9. The molecular formula is C21H15NO6S. The molecule has 3 aromatic carbocycles. The number of esters is 1. The number of sulfone groups is 1. The number of non-ortho nitro benzene ring substituents is 1. The summed E-state index contributed by atoms with van der Waals surface area (Å²) >= 11 is 0. The van der Waals surface area contributed by atoms with Crippen molar-refractivity contribution in [3.63, 3.8) is 0 Å². The van der Waals surface area contributed by atoms with Crippen molar-refractivity contribution in [1.82, 2.24) is 0 Å². The molecule has 7 nitrogen and oxygen atoms in total. The van der Waals surface area contributed by atoms with Gasteiger partial charge in [-0.2, -0.15) is 0 Å². The maximum Gasteiger partial charge on any atom is 0.339 e. The van der Waals surface area contributed by atoms with Gasteiger partial charge in [-0.25, -0.2) is 13.2 Å². The number of hydrogen-bond acceptors (Lipinski definition) is 6. The van der Waals surface area contributed by atoms with Crippen LogP contribution in [-0.2, 0) is 14.6 Å². The van der Waals surface area contributed by atoms with E-state index in [2.05, 4.69) is 11.8 Å². The Morgan fingerprint density at radius 3 is 2.48 bits per heavy atom. The number of rotatable bonds is 5. The molecule has 0 aliphatic heterocycles. The van der Waals surface area contributed by atoms with E-state index in [0.717, 1.165) is 16.8 Å². The van der Waals surface area contributed by atoms with Gasteiger partial charge in [0, 0.05) is 12.1 Å². The van der Waals surface area contributed by atoms with Crippen molar-refractivity contribution in [2.45, 2.75) is 4.90 Å². The van der Waals surface area contributed by atoms with Crippen molar-refractivity contribution in [1.29, 1.82) is 0 Å². The fourth-order valence-electron chi connectivity index (χ4n) is 2.57. The summed E-state index contributed by atoms with van der Waals surface area (Å²) in [6.45, 7) is -0.325. The van der Waals surface area contributed by atoms with Crippen LogP contribution in [0, 0.1) is 22.0 Å². The van der Waals surface area contributed by atoms with Crippen LogP contribution in [0.25, 0.3) is 10.8 Å². The number of hydrogen-bond donors (Lipinski definition) is 0. The molecule has 8 heteroatoms. The van der Waals surface area contributed by atoms with Gasteiger partial charge in [-0.05, 0) is 29.0 Å². The van der Waals surface area contributed by atoms with E-state index < -0.39 is 26.5 Å². The first kappa shape index (κ1) is 20.0. The fraction of sp³-hybridized carbons (Fsp3) is 0.0952. The maximum atomic E-state index is 12.4. The van der Waals surface area contributed by atoms with Crippen LogP contribution in [0.2, 0.25) is 0 Å². The van der Waals surface area contributed by atoms with Crippen LogP contribution in [-0.4, -0.2) is 31.7 Å². The van der Waals surface area contributed by atoms with Gasteiger partial charge in [-0.3, -0.25) is 10.1 Å². The Bertz CT molecular complexity index is 1250. The number of carbonyl (C=O) groups excluding carboxylic acids is 1. The summed E-state index contributed by atoms with van der Waals surface area (Å²) < 4.78 is 29.8. The monoisotopic (exact) mass is 409 g/mol. The number of nitrogens with zero attached hydrogens (tertiary/aromatic N) is 1. The third-order valence-electron chi connectivity index (χ3n) is 4.04. The number of nitro groups is 1. The second-order valence-electron chi connectivity index (χ2n) is 6.01. The Balaban J connectivity index is 1.61. The van der Waals surface area contributed by atoms with Crippen LogP contribution >= 0.6 is 0 Å². The molecule has 0 atom stereocenters. The largest absolute Gasteiger partial charge is 0.449 e. The highest BCUT2D eigenvalue weighted by molar-refractivity contribution is 7.91.